The molecule has 0 fully saturated rings. The summed E-state index contributed by atoms with van der Waals surface area (Å²) in [7, 11) is 0. The lowest BCUT2D eigenvalue weighted by molar-refractivity contribution is 0.103. The van der Waals surface area contributed by atoms with Gasteiger partial charge >= 0.3 is 0 Å². The number of carbonyl (C=O) groups excluding carboxylic acids is 1. The topological polar surface area (TPSA) is 17.1 Å². The van der Waals surface area contributed by atoms with E-state index in [1.807, 2.05) is 31.2 Å². The molecule has 0 heterocycles. The number of benzene rings is 2. The maximum Gasteiger partial charge on any atom is 0.189 e. The molecule has 1 heteroatoms. The molecule has 0 N–H and O–H groups in total. The zero-order valence-corrected chi connectivity index (χ0v) is 13.0. The van der Waals surface area contributed by atoms with Crippen molar-refractivity contribution >= 4 is 11.9 Å². The van der Waals surface area contributed by atoms with Crippen molar-refractivity contribution in [1.29, 1.82) is 0 Å². The van der Waals surface area contributed by atoms with Crippen LogP contribution in [-0.2, 0) is 5.41 Å². The monoisotopic (exact) mass is 276 g/mol. The molecule has 2 aromatic carbocycles. The van der Waals surface area contributed by atoms with Crippen molar-refractivity contribution in [2.24, 2.45) is 0 Å². The number of carbonyl (C=O) groups is 1. The molecule has 0 aliphatic heterocycles. The summed E-state index contributed by atoms with van der Waals surface area (Å²) in [6, 6.07) is 14.6. The van der Waals surface area contributed by atoms with Crippen molar-refractivity contribution in [3.63, 3.8) is 0 Å². The molecule has 0 atom stereocenters. The maximum absolute atomic E-state index is 12.4. The fraction of sp³-hybridized carbons (Fsp3) is 0.250. The highest BCUT2D eigenvalue weighted by molar-refractivity contribution is 6.19. The van der Waals surface area contributed by atoms with Gasteiger partial charge in [-0.1, -0.05) is 51.1 Å². The third kappa shape index (κ3) is 2.33. The largest absolute Gasteiger partial charge is 0.289 e. The molecule has 0 unspecified atom stereocenters. The van der Waals surface area contributed by atoms with Crippen LogP contribution < -0.4 is 0 Å². The Balaban J connectivity index is 2.31. The quantitative estimate of drug-likeness (QED) is 0.695. The van der Waals surface area contributed by atoms with Crippen LogP contribution in [-0.4, -0.2) is 5.78 Å². The molecule has 0 amide bonds. The molecule has 3 rings (SSSR count). The van der Waals surface area contributed by atoms with Crippen LogP contribution in [0.15, 0.2) is 48.0 Å². The Bertz CT molecular complexity index is 743. The van der Waals surface area contributed by atoms with Crippen molar-refractivity contribution < 1.29 is 4.79 Å². The zero-order chi connectivity index (χ0) is 15.2. The van der Waals surface area contributed by atoms with Gasteiger partial charge < -0.3 is 0 Å². The van der Waals surface area contributed by atoms with E-state index in [-0.39, 0.29) is 11.2 Å². The van der Waals surface area contributed by atoms with Gasteiger partial charge in [-0.2, -0.15) is 0 Å². The summed E-state index contributed by atoms with van der Waals surface area (Å²) >= 11 is 0. The van der Waals surface area contributed by atoms with Gasteiger partial charge in [0.2, 0.25) is 0 Å². The lowest BCUT2D eigenvalue weighted by Gasteiger charge is -2.22. The predicted molar refractivity (Wildman–Crippen MR) is 88.6 cm³/mol. The molecular formula is C20H20O. The predicted octanol–water partition coefficient (Wildman–Crippen LogP) is 5.25. The van der Waals surface area contributed by atoms with Gasteiger partial charge in [-0.05, 0) is 58.4 Å². The normalized spacial score (nSPS) is 14.1. The molecule has 21 heavy (non-hydrogen) atoms. The molecule has 1 aliphatic rings. The summed E-state index contributed by atoms with van der Waals surface area (Å²) < 4.78 is 0. The average Bonchev–Trinajstić information content (AvgIpc) is 2.74. The first-order valence-electron chi connectivity index (χ1n) is 7.35. The molecule has 106 valence electrons. The molecule has 2 aromatic rings. The van der Waals surface area contributed by atoms with Gasteiger partial charge in [0, 0.05) is 5.56 Å². The van der Waals surface area contributed by atoms with E-state index in [2.05, 4.69) is 45.0 Å². The molecule has 0 saturated heterocycles. The Morgan fingerprint density at radius 3 is 2.14 bits per heavy atom. The summed E-state index contributed by atoms with van der Waals surface area (Å²) in [5.74, 6) is 0.160. The van der Waals surface area contributed by atoms with Crippen LogP contribution in [0, 0.1) is 0 Å². The first kappa shape index (κ1) is 13.8. The summed E-state index contributed by atoms with van der Waals surface area (Å²) in [5.41, 5.74) is 6.29. The van der Waals surface area contributed by atoms with Gasteiger partial charge in [-0.15, -0.1) is 0 Å². The number of allylic oxidation sites excluding steroid dienone is 1. The van der Waals surface area contributed by atoms with E-state index in [9.17, 15) is 4.79 Å². The second-order valence-electron chi connectivity index (χ2n) is 6.76. The molecule has 0 aromatic heterocycles. The second kappa shape index (κ2) is 4.70. The summed E-state index contributed by atoms with van der Waals surface area (Å²) in [5, 5.41) is 0. The van der Waals surface area contributed by atoms with Crippen LogP contribution >= 0.6 is 0 Å². The molecule has 0 radical (unpaired) electrons. The third-order valence-corrected chi connectivity index (χ3v) is 4.09. The number of hydrogen-bond donors (Lipinski definition) is 0. The van der Waals surface area contributed by atoms with Gasteiger partial charge in [-0.3, -0.25) is 4.79 Å². The van der Waals surface area contributed by atoms with Crippen LogP contribution in [0.2, 0.25) is 0 Å². The van der Waals surface area contributed by atoms with Crippen molar-refractivity contribution in [3.8, 4) is 11.1 Å². The number of ketones is 1. The average molecular weight is 276 g/mol. The Morgan fingerprint density at radius 1 is 0.905 bits per heavy atom. The standard InChI is InChI=1S/C20H20O/c1-13-10-17-16(14-8-6-5-7-9-14)11-15(20(2,3)4)12-18(17)19(13)21/h5-12H,1-4H3. The van der Waals surface area contributed by atoms with Gasteiger partial charge in [0.05, 0.1) is 0 Å². The summed E-state index contributed by atoms with van der Waals surface area (Å²) in [6.07, 6.45) is 2.02. The highest BCUT2D eigenvalue weighted by Gasteiger charge is 2.26. The van der Waals surface area contributed by atoms with E-state index >= 15 is 0 Å². The highest BCUT2D eigenvalue weighted by atomic mass is 16.1. The molecule has 1 nitrogen and oxygen atoms in total. The van der Waals surface area contributed by atoms with E-state index < -0.39 is 0 Å². The van der Waals surface area contributed by atoms with Crippen molar-refractivity contribution in [2.45, 2.75) is 33.1 Å². The third-order valence-electron chi connectivity index (χ3n) is 4.09. The van der Waals surface area contributed by atoms with E-state index in [0.29, 0.717) is 0 Å². The number of fused-ring (bicyclic) bond motifs is 1. The molecular weight excluding hydrogens is 256 g/mol. The van der Waals surface area contributed by atoms with Crippen molar-refractivity contribution in [2.75, 3.05) is 0 Å². The Morgan fingerprint density at radius 2 is 1.52 bits per heavy atom. The number of Topliss-reactive ketones (excluding diaryl/α,β-unsaturated/α-hetero) is 1. The first-order valence-corrected chi connectivity index (χ1v) is 7.35. The van der Waals surface area contributed by atoms with Crippen LogP contribution in [0.1, 0.15) is 49.2 Å². The zero-order valence-electron chi connectivity index (χ0n) is 13.0. The summed E-state index contributed by atoms with van der Waals surface area (Å²) in [6.45, 7) is 8.45. The number of hydrogen-bond acceptors (Lipinski definition) is 1. The van der Waals surface area contributed by atoms with Crippen molar-refractivity contribution in [1.82, 2.24) is 0 Å². The van der Waals surface area contributed by atoms with Crippen LogP contribution in [0.5, 0.6) is 0 Å². The lowest BCUT2D eigenvalue weighted by atomic mass is 9.82. The fourth-order valence-electron chi connectivity index (χ4n) is 2.78. The number of rotatable bonds is 1. The first-order chi connectivity index (χ1) is 9.88. The van der Waals surface area contributed by atoms with E-state index in [1.54, 1.807) is 0 Å². The van der Waals surface area contributed by atoms with Gasteiger partial charge in [0.15, 0.2) is 5.78 Å². The molecule has 0 spiro atoms. The van der Waals surface area contributed by atoms with Crippen LogP contribution in [0.4, 0.5) is 0 Å². The highest BCUT2D eigenvalue weighted by Crippen LogP contribution is 2.38. The maximum atomic E-state index is 12.4. The van der Waals surface area contributed by atoms with Gasteiger partial charge in [-0.25, -0.2) is 0 Å². The van der Waals surface area contributed by atoms with Crippen LogP contribution in [0.3, 0.4) is 0 Å². The molecule has 0 saturated carbocycles. The van der Waals surface area contributed by atoms with E-state index in [0.717, 1.165) is 22.3 Å². The fourth-order valence-corrected chi connectivity index (χ4v) is 2.78. The van der Waals surface area contributed by atoms with Crippen molar-refractivity contribution in [3.05, 3.63) is 64.7 Å². The van der Waals surface area contributed by atoms with E-state index in [4.69, 9.17) is 0 Å². The minimum absolute atomic E-state index is 0.0231. The smallest absolute Gasteiger partial charge is 0.189 e. The van der Waals surface area contributed by atoms with E-state index in [1.165, 1.54) is 11.1 Å². The van der Waals surface area contributed by atoms with Gasteiger partial charge in [0.25, 0.3) is 0 Å². The van der Waals surface area contributed by atoms with Crippen LogP contribution in [0.25, 0.3) is 17.2 Å². The minimum atomic E-state index is 0.0231. The SMILES string of the molecule is CC1=Cc2c(cc(C(C)(C)C)cc2-c2ccccc2)C1=O. The lowest BCUT2D eigenvalue weighted by Crippen LogP contribution is -2.13. The molecule has 1 aliphatic carbocycles. The summed E-state index contributed by atoms with van der Waals surface area (Å²) in [4.78, 5) is 12.4. The second-order valence-corrected chi connectivity index (χ2v) is 6.76. The minimum Gasteiger partial charge on any atom is -0.289 e. The Labute approximate surface area is 126 Å². The Kier molecular flexibility index (Phi) is 3.09. The molecule has 0 bridgehead atoms. The van der Waals surface area contributed by atoms with Gasteiger partial charge in [0.1, 0.15) is 0 Å². The Hall–Kier alpha value is -2.15.